The summed E-state index contributed by atoms with van der Waals surface area (Å²) in [5.41, 5.74) is 0. The van der Waals surface area contributed by atoms with Crippen molar-refractivity contribution < 1.29 is 19.4 Å². The van der Waals surface area contributed by atoms with Gasteiger partial charge in [-0.3, -0.25) is 4.79 Å². The number of hydrogen-bond acceptors (Lipinski definition) is 4. The van der Waals surface area contributed by atoms with Gasteiger partial charge in [-0.1, -0.05) is 39.0 Å². The molecule has 1 N–H and O–H groups in total. The molecule has 0 aliphatic heterocycles. The Labute approximate surface area is 121 Å². The normalized spacial score (nSPS) is 11.4. The number of ether oxygens (including phenoxy) is 2. The minimum Gasteiger partial charge on any atom is -0.508 e. The number of benzene rings is 1. The van der Waals surface area contributed by atoms with Crippen LogP contribution in [0.3, 0.4) is 0 Å². The summed E-state index contributed by atoms with van der Waals surface area (Å²) in [6, 6.07) is 8.71. The van der Waals surface area contributed by atoms with Crippen LogP contribution in [-0.4, -0.2) is 30.9 Å². The second kappa shape index (κ2) is 11.3. The summed E-state index contributed by atoms with van der Waals surface area (Å²) in [5.74, 6) is 0.690. The molecule has 4 nitrogen and oxygen atoms in total. The number of methoxy groups -OCH3 is 1. The first-order valence-electron chi connectivity index (χ1n) is 6.92. The van der Waals surface area contributed by atoms with Gasteiger partial charge in [0.2, 0.25) is 0 Å². The van der Waals surface area contributed by atoms with Crippen LogP contribution in [-0.2, 0) is 14.3 Å². The molecule has 0 amide bonds. The van der Waals surface area contributed by atoms with Gasteiger partial charge in [0.05, 0.1) is 6.61 Å². The summed E-state index contributed by atoms with van der Waals surface area (Å²) in [7, 11) is 1.62. The van der Waals surface area contributed by atoms with E-state index in [1.165, 1.54) is 0 Å². The molecule has 0 aliphatic carbocycles. The van der Waals surface area contributed by atoms with Crippen LogP contribution in [0.15, 0.2) is 30.3 Å². The smallest absolute Gasteiger partial charge is 0.305 e. The molecule has 1 rings (SSSR count). The second-order valence-electron chi connectivity index (χ2n) is 4.89. The molecule has 0 aromatic heterocycles. The molecular weight excluding hydrogens is 256 g/mol. The van der Waals surface area contributed by atoms with Crippen molar-refractivity contribution in [2.24, 2.45) is 5.92 Å². The van der Waals surface area contributed by atoms with Gasteiger partial charge in [-0.05, 0) is 24.5 Å². The lowest BCUT2D eigenvalue weighted by Crippen LogP contribution is -2.24. The number of rotatable bonds is 6. The molecule has 1 aromatic rings. The fraction of sp³-hybridized carbons (Fsp3) is 0.562. The van der Waals surface area contributed by atoms with Crippen LogP contribution in [0.5, 0.6) is 5.75 Å². The molecule has 0 bridgehead atoms. The molecule has 4 heteroatoms. The highest BCUT2D eigenvalue weighted by Crippen LogP contribution is 2.09. The van der Waals surface area contributed by atoms with Crippen molar-refractivity contribution in [3.8, 4) is 5.75 Å². The van der Waals surface area contributed by atoms with Gasteiger partial charge in [0, 0.05) is 13.5 Å². The topological polar surface area (TPSA) is 55.8 Å². The van der Waals surface area contributed by atoms with E-state index < -0.39 is 0 Å². The lowest BCUT2D eigenvalue weighted by atomic mass is 10.1. The van der Waals surface area contributed by atoms with E-state index in [1.807, 2.05) is 6.07 Å². The maximum absolute atomic E-state index is 11.0. The third-order valence-corrected chi connectivity index (χ3v) is 2.43. The number of carbonyl (C=O) groups is 1. The van der Waals surface area contributed by atoms with Crippen molar-refractivity contribution in [2.75, 3.05) is 13.7 Å². The number of hydrogen-bond donors (Lipinski definition) is 1. The third kappa shape index (κ3) is 10.4. The Bertz CT molecular complexity index is 349. The Balaban J connectivity index is 0.000000428. The number of esters is 1. The van der Waals surface area contributed by atoms with Gasteiger partial charge in [0.25, 0.3) is 0 Å². The van der Waals surface area contributed by atoms with Gasteiger partial charge >= 0.3 is 5.97 Å². The number of aromatic hydroxyl groups is 1. The van der Waals surface area contributed by atoms with Crippen LogP contribution in [0.4, 0.5) is 0 Å². The zero-order valence-electron chi connectivity index (χ0n) is 12.8. The zero-order chi connectivity index (χ0) is 15.4. The Morgan fingerprint density at radius 1 is 1.25 bits per heavy atom. The largest absolute Gasteiger partial charge is 0.508 e. The fourth-order valence-corrected chi connectivity index (χ4v) is 1.56. The lowest BCUT2D eigenvalue weighted by Gasteiger charge is -2.18. The number of para-hydroxylation sites is 1. The predicted octanol–water partition coefficient (Wildman–Crippen LogP) is 3.39. The maximum atomic E-state index is 11.0. The number of phenolic OH excluding ortho intramolecular Hbond substituents is 1. The Hall–Kier alpha value is -1.55. The van der Waals surface area contributed by atoms with Gasteiger partial charge in [-0.2, -0.15) is 0 Å². The third-order valence-electron chi connectivity index (χ3n) is 2.43. The molecule has 0 radical (unpaired) electrons. The highest BCUT2D eigenvalue weighted by atomic mass is 16.6. The highest BCUT2D eigenvalue weighted by Gasteiger charge is 2.14. The number of phenols is 1. The lowest BCUT2D eigenvalue weighted by molar-refractivity contribution is -0.152. The van der Waals surface area contributed by atoms with Crippen molar-refractivity contribution in [2.45, 2.75) is 39.7 Å². The summed E-state index contributed by atoms with van der Waals surface area (Å²) in [6.45, 7) is 6.48. The highest BCUT2D eigenvalue weighted by molar-refractivity contribution is 5.69. The first-order chi connectivity index (χ1) is 9.49. The van der Waals surface area contributed by atoms with E-state index in [0.29, 0.717) is 24.7 Å². The standard InChI is InChI=1S/C10H20O3.C6H6O/c1-5-10(11)13-9(7-12-4)6-8(2)3;7-6-4-2-1-3-5-6/h8-9H,5-7H2,1-4H3;1-5,7H. The zero-order valence-corrected chi connectivity index (χ0v) is 12.8. The van der Waals surface area contributed by atoms with E-state index in [2.05, 4.69) is 13.8 Å². The molecule has 0 fully saturated rings. The average Bonchev–Trinajstić information content (AvgIpc) is 2.39. The Morgan fingerprint density at radius 2 is 1.85 bits per heavy atom. The Kier molecular flexibility index (Phi) is 10.4. The SMILES string of the molecule is CCC(=O)OC(COC)CC(C)C.Oc1ccccc1. The molecular formula is C16H26O4. The summed E-state index contributed by atoms with van der Waals surface area (Å²) in [4.78, 5) is 11.0. The van der Waals surface area contributed by atoms with Crippen LogP contribution in [0.25, 0.3) is 0 Å². The van der Waals surface area contributed by atoms with Crippen molar-refractivity contribution in [1.29, 1.82) is 0 Å². The molecule has 1 aromatic carbocycles. The van der Waals surface area contributed by atoms with Crippen LogP contribution in [0.2, 0.25) is 0 Å². The van der Waals surface area contributed by atoms with E-state index in [1.54, 1.807) is 38.3 Å². The summed E-state index contributed by atoms with van der Waals surface area (Å²) >= 11 is 0. The summed E-state index contributed by atoms with van der Waals surface area (Å²) in [6.07, 6.45) is 1.20. The number of carbonyl (C=O) groups excluding carboxylic acids is 1. The first kappa shape index (κ1) is 18.4. The molecule has 0 spiro atoms. The molecule has 20 heavy (non-hydrogen) atoms. The molecule has 0 heterocycles. The van der Waals surface area contributed by atoms with Gasteiger partial charge in [0.15, 0.2) is 0 Å². The van der Waals surface area contributed by atoms with Crippen molar-refractivity contribution >= 4 is 5.97 Å². The molecule has 0 saturated carbocycles. The van der Waals surface area contributed by atoms with E-state index in [9.17, 15) is 4.79 Å². The van der Waals surface area contributed by atoms with Crippen molar-refractivity contribution in [3.63, 3.8) is 0 Å². The van der Waals surface area contributed by atoms with E-state index in [0.717, 1.165) is 6.42 Å². The van der Waals surface area contributed by atoms with Gasteiger partial charge in [-0.15, -0.1) is 0 Å². The molecule has 114 valence electrons. The van der Waals surface area contributed by atoms with Crippen LogP contribution < -0.4 is 0 Å². The minimum atomic E-state index is -0.150. The Morgan fingerprint density at radius 3 is 2.20 bits per heavy atom. The van der Waals surface area contributed by atoms with E-state index in [-0.39, 0.29) is 12.1 Å². The molecule has 0 aliphatic rings. The van der Waals surface area contributed by atoms with Crippen LogP contribution in [0.1, 0.15) is 33.6 Å². The monoisotopic (exact) mass is 282 g/mol. The fourth-order valence-electron chi connectivity index (χ4n) is 1.56. The quantitative estimate of drug-likeness (QED) is 0.813. The molecule has 1 atom stereocenters. The first-order valence-corrected chi connectivity index (χ1v) is 6.92. The van der Waals surface area contributed by atoms with Gasteiger partial charge < -0.3 is 14.6 Å². The second-order valence-corrected chi connectivity index (χ2v) is 4.89. The summed E-state index contributed by atoms with van der Waals surface area (Å²) < 4.78 is 10.2. The van der Waals surface area contributed by atoms with Crippen molar-refractivity contribution in [3.05, 3.63) is 30.3 Å². The van der Waals surface area contributed by atoms with E-state index >= 15 is 0 Å². The minimum absolute atomic E-state index is 0.0857. The maximum Gasteiger partial charge on any atom is 0.305 e. The van der Waals surface area contributed by atoms with Gasteiger partial charge in [-0.25, -0.2) is 0 Å². The van der Waals surface area contributed by atoms with Crippen LogP contribution >= 0.6 is 0 Å². The predicted molar refractivity (Wildman–Crippen MR) is 79.6 cm³/mol. The van der Waals surface area contributed by atoms with E-state index in [4.69, 9.17) is 14.6 Å². The van der Waals surface area contributed by atoms with Crippen LogP contribution in [0, 0.1) is 5.92 Å². The van der Waals surface area contributed by atoms with Crippen molar-refractivity contribution in [1.82, 2.24) is 0 Å². The molecule has 0 saturated heterocycles. The molecule has 1 unspecified atom stereocenters. The van der Waals surface area contributed by atoms with Gasteiger partial charge in [0.1, 0.15) is 11.9 Å². The average molecular weight is 282 g/mol. The summed E-state index contributed by atoms with van der Waals surface area (Å²) in [5, 5.41) is 8.63.